The van der Waals surface area contributed by atoms with Gasteiger partial charge in [0.25, 0.3) is 0 Å². The number of esters is 2. The first-order chi connectivity index (χ1) is 22.7. The van der Waals surface area contributed by atoms with Gasteiger partial charge in [0.1, 0.15) is 17.9 Å². The van der Waals surface area contributed by atoms with Gasteiger partial charge in [-0.15, -0.1) is 11.3 Å². The van der Waals surface area contributed by atoms with Crippen molar-refractivity contribution >= 4 is 45.1 Å². The summed E-state index contributed by atoms with van der Waals surface area (Å²) in [5.74, 6) is 0.866. The van der Waals surface area contributed by atoms with Crippen LogP contribution in [0.3, 0.4) is 0 Å². The minimum absolute atomic E-state index is 0.0222. The summed E-state index contributed by atoms with van der Waals surface area (Å²) in [7, 11) is 1.39. The van der Waals surface area contributed by atoms with Gasteiger partial charge in [-0.05, 0) is 59.5 Å². The van der Waals surface area contributed by atoms with Gasteiger partial charge >= 0.3 is 11.9 Å². The topological polar surface area (TPSA) is 92.8 Å². The third-order valence-corrected chi connectivity index (χ3v) is 8.81. The highest BCUT2D eigenvalue weighted by Gasteiger charge is 2.20. The third kappa shape index (κ3) is 7.74. The summed E-state index contributed by atoms with van der Waals surface area (Å²) >= 11 is 1.59. The van der Waals surface area contributed by atoms with Crippen LogP contribution in [0.2, 0.25) is 0 Å². The van der Waals surface area contributed by atoms with Crippen LogP contribution in [0.1, 0.15) is 56.0 Å². The number of aromatic nitrogens is 2. The van der Waals surface area contributed by atoms with Gasteiger partial charge in [0.2, 0.25) is 0 Å². The first-order valence-corrected chi connectivity index (χ1v) is 16.5. The average molecular weight is 651 g/mol. The molecule has 0 spiro atoms. The van der Waals surface area contributed by atoms with Crippen LogP contribution in [-0.4, -0.2) is 35.2 Å². The number of hydrogen-bond acceptors (Lipinski definition) is 8. The minimum atomic E-state index is -0.312. The number of thiazole rings is 1. The fourth-order valence-electron chi connectivity index (χ4n) is 5.38. The minimum Gasteiger partial charge on any atom is -0.494 e. The Bertz CT molecular complexity index is 2010. The number of benzene rings is 3. The van der Waals surface area contributed by atoms with E-state index < -0.39 is 0 Å². The van der Waals surface area contributed by atoms with Gasteiger partial charge in [-0.25, -0.2) is 4.98 Å². The summed E-state index contributed by atoms with van der Waals surface area (Å²) in [6.45, 7) is 7.69. The van der Waals surface area contributed by atoms with Crippen molar-refractivity contribution in [3.05, 3.63) is 107 Å². The first kappa shape index (κ1) is 32.1. The number of methoxy groups -OCH3 is 1. The maximum absolute atomic E-state index is 12.3. The molecule has 0 bridgehead atoms. The smallest absolute Gasteiger partial charge is 0.310 e. The molecule has 0 aliphatic carbocycles. The fraction of sp³-hybridized carbons (Fsp3) is 0.289. The summed E-state index contributed by atoms with van der Waals surface area (Å²) in [6, 6.07) is 23.7. The molecule has 8 nitrogen and oxygen atoms in total. The molecule has 9 heteroatoms. The van der Waals surface area contributed by atoms with E-state index in [9.17, 15) is 9.59 Å². The molecule has 0 atom stereocenters. The molecule has 0 saturated carbocycles. The molecule has 0 aliphatic heterocycles. The van der Waals surface area contributed by atoms with Crippen molar-refractivity contribution in [1.29, 1.82) is 0 Å². The zero-order valence-electron chi connectivity index (χ0n) is 27.1. The predicted molar refractivity (Wildman–Crippen MR) is 184 cm³/mol. The van der Waals surface area contributed by atoms with E-state index in [0.717, 1.165) is 55.0 Å². The number of carbonyl (C=O) groups excluding carboxylic acids is 2. The van der Waals surface area contributed by atoms with E-state index in [4.69, 9.17) is 23.6 Å². The van der Waals surface area contributed by atoms with Crippen molar-refractivity contribution in [1.82, 2.24) is 9.55 Å². The molecule has 6 rings (SSSR count). The second-order valence-electron chi connectivity index (χ2n) is 12.6. The Morgan fingerprint density at radius 1 is 0.957 bits per heavy atom. The van der Waals surface area contributed by atoms with Crippen molar-refractivity contribution in [3.8, 4) is 16.5 Å². The normalized spacial score (nSPS) is 11.7. The molecule has 0 fully saturated rings. The lowest BCUT2D eigenvalue weighted by atomic mass is 9.93. The third-order valence-electron chi connectivity index (χ3n) is 7.95. The lowest BCUT2D eigenvalue weighted by molar-refractivity contribution is -0.145. The second kappa shape index (κ2) is 13.8. The summed E-state index contributed by atoms with van der Waals surface area (Å²) in [5.41, 5.74) is 5.72. The highest BCUT2D eigenvalue weighted by atomic mass is 32.1. The van der Waals surface area contributed by atoms with Crippen molar-refractivity contribution < 1.29 is 28.2 Å². The van der Waals surface area contributed by atoms with Gasteiger partial charge in [0.15, 0.2) is 10.8 Å². The molecule has 0 N–H and O–H groups in total. The predicted octanol–water partition coefficient (Wildman–Crippen LogP) is 8.47. The van der Waals surface area contributed by atoms with Crippen LogP contribution in [0.5, 0.6) is 5.75 Å². The van der Waals surface area contributed by atoms with E-state index in [1.165, 1.54) is 7.11 Å². The van der Waals surface area contributed by atoms with E-state index in [0.29, 0.717) is 25.3 Å². The maximum atomic E-state index is 12.3. The molecule has 0 unspecified atom stereocenters. The van der Waals surface area contributed by atoms with Crippen LogP contribution in [0, 0.1) is 0 Å². The zero-order valence-corrected chi connectivity index (χ0v) is 27.9. The molecule has 47 heavy (non-hydrogen) atoms. The Labute approximate surface area is 277 Å². The Hall–Kier alpha value is -4.89. The first-order valence-electron chi connectivity index (χ1n) is 15.7. The van der Waals surface area contributed by atoms with Gasteiger partial charge in [-0.1, -0.05) is 57.2 Å². The number of ether oxygens (including phenoxy) is 3. The van der Waals surface area contributed by atoms with Crippen LogP contribution in [0.15, 0.2) is 88.8 Å². The average Bonchev–Trinajstić information content (AvgIpc) is 3.80. The number of fused-ring (bicyclic) bond motifs is 2. The lowest BCUT2D eigenvalue weighted by Gasteiger charge is -2.13. The Morgan fingerprint density at radius 2 is 1.79 bits per heavy atom. The van der Waals surface area contributed by atoms with E-state index in [2.05, 4.69) is 42.9 Å². The van der Waals surface area contributed by atoms with Crippen molar-refractivity contribution in [3.63, 3.8) is 0 Å². The van der Waals surface area contributed by atoms with Crippen LogP contribution in [0.4, 0.5) is 0 Å². The summed E-state index contributed by atoms with van der Waals surface area (Å²) in [5, 5.41) is 4.89. The van der Waals surface area contributed by atoms with E-state index >= 15 is 0 Å². The summed E-state index contributed by atoms with van der Waals surface area (Å²) in [6.07, 6.45) is 2.94. The summed E-state index contributed by atoms with van der Waals surface area (Å²) in [4.78, 5) is 29.3. The molecule has 242 valence electrons. The monoisotopic (exact) mass is 650 g/mol. The Morgan fingerprint density at radius 3 is 2.55 bits per heavy atom. The van der Waals surface area contributed by atoms with Crippen LogP contribution < -0.4 is 4.74 Å². The highest BCUT2D eigenvalue weighted by Crippen LogP contribution is 2.34. The highest BCUT2D eigenvalue weighted by molar-refractivity contribution is 7.13. The van der Waals surface area contributed by atoms with E-state index in [-0.39, 0.29) is 36.8 Å². The number of hydrogen-bond donors (Lipinski definition) is 0. The number of furan rings is 1. The number of carbonyl (C=O) groups is 2. The molecule has 0 radical (unpaired) electrons. The van der Waals surface area contributed by atoms with Gasteiger partial charge in [-0.2, -0.15) is 0 Å². The molecule has 3 aromatic heterocycles. The standard InChI is InChI=1S/C38H38N2O6S/c1-38(2,3)34-24-47-37(39-34)33-18-27-17-26(12-15-32(27)46-33)21-40-22-28(19-36(42)43-4)30-20-29(13-14-31(30)40)44-16-8-11-35(41)45-23-25-9-6-5-7-10-25/h5-7,9-10,12-15,17-18,20,22,24H,8,11,16,19,21,23H2,1-4H3. The quantitative estimate of drug-likeness (QED) is 0.0969. The SMILES string of the molecule is COC(=O)Cc1cn(Cc2ccc3oc(-c4nc(C(C)(C)C)cs4)cc3c2)c2ccc(OCCCC(=O)OCc3ccccc3)cc12. The zero-order chi connectivity index (χ0) is 33.0. The van der Waals surface area contributed by atoms with Crippen molar-refractivity contribution in [2.45, 2.75) is 58.6 Å². The lowest BCUT2D eigenvalue weighted by Crippen LogP contribution is -2.11. The fourth-order valence-corrected chi connectivity index (χ4v) is 6.38. The summed E-state index contributed by atoms with van der Waals surface area (Å²) < 4.78 is 24.6. The van der Waals surface area contributed by atoms with Crippen LogP contribution >= 0.6 is 11.3 Å². The van der Waals surface area contributed by atoms with Gasteiger partial charge in [0, 0.05) is 46.2 Å². The van der Waals surface area contributed by atoms with E-state index in [1.807, 2.05) is 66.9 Å². The van der Waals surface area contributed by atoms with E-state index in [1.54, 1.807) is 11.3 Å². The Balaban J connectivity index is 1.14. The molecular formula is C38H38N2O6S. The number of rotatable bonds is 12. The van der Waals surface area contributed by atoms with Gasteiger partial charge in [0.05, 0.1) is 25.8 Å². The molecule has 3 heterocycles. The van der Waals surface area contributed by atoms with Crippen LogP contribution in [0.25, 0.3) is 32.6 Å². The molecule has 0 amide bonds. The molecular weight excluding hydrogens is 612 g/mol. The van der Waals surface area contributed by atoms with Gasteiger partial charge < -0.3 is 23.2 Å². The number of nitrogens with zero attached hydrogens (tertiary/aromatic N) is 2. The molecule has 0 saturated heterocycles. The molecule has 3 aromatic carbocycles. The van der Waals surface area contributed by atoms with Crippen molar-refractivity contribution in [2.75, 3.05) is 13.7 Å². The second-order valence-corrected chi connectivity index (χ2v) is 13.4. The molecule has 0 aliphatic rings. The van der Waals surface area contributed by atoms with Crippen molar-refractivity contribution in [2.24, 2.45) is 0 Å². The van der Waals surface area contributed by atoms with Crippen LogP contribution in [-0.2, 0) is 44.1 Å². The maximum Gasteiger partial charge on any atom is 0.310 e. The largest absolute Gasteiger partial charge is 0.494 e. The Kier molecular flexibility index (Phi) is 9.45. The van der Waals surface area contributed by atoms with Gasteiger partial charge in [-0.3, -0.25) is 9.59 Å². The molecule has 6 aromatic rings.